The molecule has 6 heteroatoms. The number of likely N-dealkylation sites (N-methyl/N-ethyl adjacent to an activating group) is 1. The molecule has 2 unspecified atom stereocenters. The van der Waals surface area contributed by atoms with Gasteiger partial charge in [0.05, 0.1) is 5.92 Å². The van der Waals surface area contributed by atoms with Crippen LogP contribution in [0.3, 0.4) is 0 Å². The molecule has 0 radical (unpaired) electrons. The maximum absolute atomic E-state index is 11.9. The highest BCUT2D eigenvalue weighted by atomic mass is 16.2. The van der Waals surface area contributed by atoms with E-state index in [0.29, 0.717) is 26.1 Å². The third kappa shape index (κ3) is 5.57. The Kier molecular flexibility index (Phi) is 6.24. The fourth-order valence-corrected chi connectivity index (χ4v) is 2.05. The topological polar surface area (TPSA) is 78.7 Å². The van der Waals surface area contributed by atoms with Gasteiger partial charge >= 0.3 is 0 Å². The summed E-state index contributed by atoms with van der Waals surface area (Å²) in [4.78, 5) is 27.5. The highest BCUT2D eigenvalue weighted by Gasteiger charge is 2.33. The summed E-state index contributed by atoms with van der Waals surface area (Å²) in [6.07, 6.45) is 1.09. The molecule has 1 saturated heterocycles. The third-order valence-corrected chi connectivity index (χ3v) is 3.30. The number of rotatable bonds is 7. The molecule has 110 valence electrons. The minimum absolute atomic E-state index is 0.0265. The normalized spacial score (nSPS) is 21.0. The zero-order chi connectivity index (χ0) is 14.4. The molecule has 1 fully saturated rings. The van der Waals surface area contributed by atoms with Crippen molar-refractivity contribution >= 4 is 11.8 Å². The van der Waals surface area contributed by atoms with Gasteiger partial charge in [0.25, 0.3) is 0 Å². The van der Waals surface area contributed by atoms with Crippen molar-refractivity contribution in [1.29, 1.82) is 0 Å². The Morgan fingerprint density at radius 3 is 2.84 bits per heavy atom. The summed E-state index contributed by atoms with van der Waals surface area (Å²) >= 11 is 0. The first-order valence-corrected chi connectivity index (χ1v) is 6.86. The van der Waals surface area contributed by atoms with Gasteiger partial charge in [0.1, 0.15) is 0 Å². The van der Waals surface area contributed by atoms with Gasteiger partial charge < -0.3 is 20.9 Å². The quantitative estimate of drug-likeness (QED) is 0.638. The number of carbonyl (C=O) groups is 2. The lowest BCUT2D eigenvalue weighted by atomic mass is 10.1. The molecule has 0 aliphatic carbocycles. The highest BCUT2D eigenvalue weighted by molar-refractivity contribution is 5.89. The van der Waals surface area contributed by atoms with Crippen LogP contribution >= 0.6 is 0 Å². The van der Waals surface area contributed by atoms with E-state index < -0.39 is 0 Å². The van der Waals surface area contributed by atoms with E-state index in [9.17, 15) is 9.59 Å². The number of carbonyl (C=O) groups excluding carboxylic acids is 2. The molecule has 0 aromatic rings. The largest absolute Gasteiger partial charge is 0.356 e. The standard InChI is InChI=1S/C13H26N4O2/c1-10(14)4-5-15-13(19)11-8-12(18)17(9-11)7-6-16(2)3/h10-11H,4-9,14H2,1-3H3,(H,15,19). The summed E-state index contributed by atoms with van der Waals surface area (Å²) in [6, 6.07) is 0.0853. The van der Waals surface area contributed by atoms with Gasteiger partial charge in [-0.1, -0.05) is 0 Å². The molecule has 6 nitrogen and oxygen atoms in total. The van der Waals surface area contributed by atoms with E-state index in [4.69, 9.17) is 5.73 Å². The van der Waals surface area contributed by atoms with Gasteiger partial charge in [0.15, 0.2) is 0 Å². The lowest BCUT2D eigenvalue weighted by Crippen LogP contribution is -2.36. The van der Waals surface area contributed by atoms with Crippen molar-refractivity contribution in [3.8, 4) is 0 Å². The second-order valence-corrected chi connectivity index (χ2v) is 5.60. The van der Waals surface area contributed by atoms with Crippen LogP contribution in [0.25, 0.3) is 0 Å². The van der Waals surface area contributed by atoms with Gasteiger partial charge in [0, 0.05) is 38.6 Å². The fraction of sp³-hybridized carbons (Fsp3) is 0.846. The van der Waals surface area contributed by atoms with Gasteiger partial charge in [-0.3, -0.25) is 9.59 Å². The van der Waals surface area contributed by atoms with Crippen molar-refractivity contribution in [2.75, 3.05) is 40.3 Å². The second-order valence-electron chi connectivity index (χ2n) is 5.60. The molecule has 19 heavy (non-hydrogen) atoms. The molecule has 3 N–H and O–H groups in total. The summed E-state index contributed by atoms with van der Waals surface area (Å²) in [5, 5.41) is 2.85. The Balaban J connectivity index is 2.32. The van der Waals surface area contributed by atoms with Crippen molar-refractivity contribution in [3.63, 3.8) is 0 Å². The number of likely N-dealkylation sites (tertiary alicyclic amines) is 1. The third-order valence-electron chi connectivity index (χ3n) is 3.30. The first-order valence-electron chi connectivity index (χ1n) is 6.86. The number of hydrogen-bond donors (Lipinski definition) is 2. The maximum Gasteiger partial charge on any atom is 0.225 e. The monoisotopic (exact) mass is 270 g/mol. The van der Waals surface area contributed by atoms with E-state index in [-0.39, 0.29) is 23.8 Å². The van der Waals surface area contributed by atoms with Crippen molar-refractivity contribution in [2.24, 2.45) is 11.7 Å². The number of amides is 2. The zero-order valence-corrected chi connectivity index (χ0v) is 12.2. The van der Waals surface area contributed by atoms with Crippen molar-refractivity contribution in [1.82, 2.24) is 15.1 Å². The molecule has 1 aliphatic rings. The Morgan fingerprint density at radius 2 is 2.26 bits per heavy atom. The Labute approximate surface area is 115 Å². The van der Waals surface area contributed by atoms with Crippen LogP contribution < -0.4 is 11.1 Å². The molecular formula is C13H26N4O2. The van der Waals surface area contributed by atoms with E-state index in [1.807, 2.05) is 25.9 Å². The number of nitrogens with two attached hydrogens (primary N) is 1. The molecule has 1 aliphatic heterocycles. The summed E-state index contributed by atoms with van der Waals surface area (Å²) in [5.74, 6) is -0.154. The minimum Gasteiger partial charge on any atom is -0.356 e. The van der Waals surface area contributed by atoms with Crippen molar-refractivity contribution in [3.05, 3.63) is 0 Å². The van der Waals surface area contributed by atoms with E-state index in [0.717, 1.165) is 13.0 Å². The molecular weight excluding hydrogens is 244 g/mol. The van der Waals surface area contributed by atoms with E-state index in [1.165, 1.54) is 0 Å². The SMILES string of the molecule is CC(N)CCNC(=O)C1CC(=O)N(CCN(C)C)C1. The molecule has 2 amide bonds. The van der Waals surface area contributed by atoms with Crippen molar-refractivity contribution in [2.45, 2.75) is 25.8 Å². The van der Waals surface area contributed by atoms with E-state index in [2.05, 4.69) is 5.32 Å². The van der Waals surface area contributed by atoms with Crippen LogP contribution in [-0.2, 0) is 9.59 Å². The van der Waals surface area contributed by atoms with Gasteiger partial charge in [-0.15, -0.1) is 0 Å². The lowest BCUT2D eigenvalue weighted by molar-refractivity contribution is -0.129. The van der Waals surface area contributed by atoms with Crippen LogP contribution in [0, 0.1) is 5.92 Å². The van der Waals surface area contributed by atoms with Crippen LogP contribution in [0.2, 0.25) is 0 Å². The summed E-state index contributed by atoms with van der Waals surface area (Å²) in [7, 11) is 3.94. The number of nitrogens with one attached hydrogen (secondary N) is 1. The first-order chi connectivity index (χ1) is 8.90. The molecule has 0 aromatic heterocycles. The minimum atomic E-state index is -0.206. The lowest BCUT2D eigenvalue weighted by Gasteiger charge is -2.19. The summed E-state index contributed by atoms with van der Waals surface area (Å²) in [5.41, 5.74) is 5.63. The second kappa shape index (κ2) is 7.45. The van der Waals surface area contributed by atoms with Crippen LogP contribution in [0.4, 0.5) is 0 Å². The Hall–Kier alpha value is -1.14. The van der Waals surface area contributed by atoms with Crippen LogP contribution in [0.1, 0.15) is 19.8 Å². The summed E-state index contributed by atoms with van der Waals surface area (Å²) < 4.78 is 0. The molecule has 1 heterocycles. The van der Waals surface area contributed by atoms with Crippen molar-refractivity contribution < 1.29 is 9.59 Å². The molecule has 2 atom stereocenters. The van der Waals surface area contributed by atoms with Crippen LogP contribution in [-0.4, -0.2) is 67.9 Å². The molecule has 0 bridgehead atoms. The summed E-state index contributed by atoms with van der Waals surface area (Å²) in [6.45, 7) is 4.55. The average molecular weight is 270 g/mol. The highest BCUT2D eigenvalue weighted by Crippen LogP contribution is 2.17. The maximum atomic E-state index is 11.9. The van der Waals surface area contributed by atoms with Gasteiger partial charge in [-0.25, -0.2) is 0 Å². The predicted molar refractivity (Wildman–Crippen MR) is 74.5 cm³/mol. The Morgan fingerprint density at radius 1 is 1.58 bits per heavy atom. The van der Waals surface area contributed by atoms with Crippen LogP contribution in [0.15, 0.2) is 0 Å². The van der Waals surface area contributed by atoms with Gasteiger partial charge in [-0.05, 0) is 27.4 Å². The first kappa shape index (κ1) is 15.9. The number of hydrogen-bond acceptors (Lipinski definition) is 4. The predicted octanol–water partition coefficient (Wildman–Crippen LogP) is -0.750. The van der Waals surface area contributed by atoms with Crippen LogP contribution in [0.5, 0.6) is 0 Å². The Bertz CT molecular complexity index is 318. The smallest absolute Gasteiger partial charge is 0.225 e. The van der Waals surface area contributed by atoms with Gasteiger partial charge in [-0.2, -0.15) is 0 Å². The van der Waals surface area contributed by atoms with Gasteiger partial charge in [0.2, 0.25) is 11.8 Å². The molecule has 1 rings (SSSR count). The number of nitrogens with zero attached hydrogens (tertiary/aromatic N) is 2. The molecule has 0 aromatic carbocycles. The van der Waals surface area contributed by atoms with E-state index in [1.54, 1.807) is 4.90 Å². The molecule has 0 spiro atoms. The average Bonchev–Trinajstić information content (AvgIpc) is 2.67. The molecule has 0 saturated carbocycles. The fourth-order valence-electron chi connectivity index (χ4n) is 2.05. The zero-order valence-electron chi connectivity index (χ0n) is 12.2. The van der Waals surface area contributed by atoms with E-state index >= 15 is 0 Å².